The number of hydrogen-bond donors (Lipinski definition) is 3. The topological polar surface area (TPSA) is 132 Å². The molecule has 1 saturated heterocycles. The van der Waals surface area contributed by atoms with Gasteiger partial charge in [0.1, 0.15) is 17.0 Å². The second-order valence-electron chi connectivity index (χ2n) is 11.2. The zero-order chi connectivity index (χ0) is 29.9. The molecule has 0 spiro atoms. The van der Waals surface area contributed by atoms with Crippen molar-refractivity contribution in [3.05, 3.63) is 41.6 Å². The van der Waals surface area contributed by atoms with Crippen LogP contribution in [0.3, 0.4) is 0 Å². The van der Waals surface area contributed by atoms with Crippen LogP contribution in [0.1, 0.15) is 84.3 Å². The number of unbranched alkanes of at least 4 members (excludes halogenated alkanes) is 1. The van der Waals surface area contributed by atoms with E-state index in [0.717, 1.165) is 31.5 Å². The minimum absolute atomic E-state index is 0.166. The quantitative estimate of drug-likeness (QED) is 0.277. The van der Waals surface area contributed by atoms with Crippen LogP contribution in [-0.2, 0) is 9.53 Å². The van der Waals surface area contributed by atoms with E-state index in [1.807, 2.05) is 27.7 Å². The molecular formula is C31H41N7O3. The molecule has 1 aliphatic rings. The lowest BCUT2D eigenvalue weighted by Crippen LogP contribution is -2.61. The van der Waals surface area contributed by atoms with Gasteiger partial charge >= 0.3 is 6.09 Å². The highest BCUT2D eigenvalue weighted by Gasteiger charge is 2.45. The van der Waals surface area contributed by atoms with Crippen molar-refractivity contribution in [1.29, 1.82) is 5.26 Å². The van der Waals surface area contributed by atoms with E-state index in [1.54, 1.807) is 35.4 Å². The molecule has 10 heteroatoms. The van der Waals surface area contributed by atoms with Gasteiger partial charge in [0, 0.05) is 31.7 Å². The zero-order valence-corrected chi connectivity index (χ0v) is 24.8. The van der Waals surface area contributed by atoms with Gasteiger partial charge < -0.3 is 20.7 Å². The molecule has 1 atom stereocenters. The number of nitrogens with one attached hydrogen (secondary N) is 3. The van der Waals surface area contributed by atoms with Crippen molar-refractivity contribution in [2.75, 3.05) is 30.3 Å². The predicted octanol–water partition coefficient (Wildman–Crippen LogP) is 5.34. The van der Waals surface area contributed by atoms with E-state index < -0.39 is 17.2 Å². The molecule has 1 fully saturated rings. The molecule has 3 N–H and O–H groups in total. The first-order valence-electron chi connectivity index (χ1n) is 14.2. The highest BCUT2D eigenvalue weighted by molar-refractivity contribution is 5.89. The van der Waals surface area contributed by atoms with Gasteiger partial charge in [-0.25, -0.2) is 9.78 Å². The van der Waals surface area contributed by atoms with E-state index in [0.29, 0.717) is 55.2 Å². The largest absolute Gasteiger partial charge is 0.444 e. The maximum atomic E-state index is 13.2. The summed E-state index contributed by atoms with van der Waals surface area (Å²) in [6.45, 7) is 11.1. The maximum absolute atomic E-state index is 13.2. The number of carbonyl (C=O) groups is 2. The molecule has 1 aromatic heterocycles. The number of ether oxygens (including phenoxy) is 1. The van der Waals surface area contributed by atoms with Crippen molar-refractivity contribution in [3.63, 3.8) is 0 Å². The zero-order valence-electron chi connectivity index (χ0n) is 24.8. The summed E-state index contributed by atoms with van der Waals surface area (Å²) in [5.74, 6) is 7.21. The fraction of sp³-hybridized carbons (Fsp3) is 0.516. The van der Waals surface area contributed by atoms with Gasteiger partial charge in [0.15, 0.2) is 0 Å². The van der Waals surface area contributed by atoms with Crippen molar-refractivity contribution in [2.45, 2.75) is 84.3 Å². The Hall–Kier alpha value is -4.31. The average molecular weight is 560 g/mol. The Morgan fingerprint density at radius 2 is 1.93 bits per heavy atom. The van der Waals surface area contributed by atoms with Crippen molar-refractivity contribution < 1.29 is 14.3 Å². The van der Waals surface area contributed by atoms with Crippen molar-refractivity contribution in [3.8, 4) is 17.9 Å². The third kappa shape index (κ3) is 9.11. The number of aromatic nitrogens is 2. The van der Waals surface area contributed by atoms with Gasteiger partial charge in [-0.2, -0.15) is 10.2 Å². The monoisotopic (exact) mass is 559 g/mol. The van der Waals surface area contributed by atoms with E-state index >= 15 is 0 Å². The van der Waals surface area contributed by atoms with Crippen LogP contribution < -0.4 is 16.0 Å². The van der Waals surface area contributed by atoms with Crippen LogP contribution in [0, 0.1) is 23.2 Å². The molecule has 218 valence electrons. The third-order valence-electron chi connectivity index (χ3n) is 6.58. The number of nitriles is 1. The molecule has 0 bridgehead atoms. The molecule has 0 aliphatic carbocycles. The summed E-state index contributed by atoms with van der Waals surface area (Å²) in [4.78, 5) is 36.5. The number of benzene rings is 1. The number of anilines is 3. The van der Waals surface area contributed by atoms with Gasteiger partial charge in [-0.15, -0.1) is 0 Å². The SMILES string of the molecule is CCCNc1nc(Nc2ccc(C#N)cc2)ncc1C#CCCCNC(=O)[C@]1(C)CCCCN1C(=O)OC(C)(C)C. The number of nitrogens with zero attached hydrogens (tertiary/aromatic N) is 4. The highest BCUT2D eigenvalue weighted by Crippen LogP contribution is 2.30. The molecule has 10 nitrogen and oxygen atoms in total. The summed E-state index contributed by atoms with van der Waals surface area (Å²) >= 11 is 0. The lowest BCUT2D eigenvalue weighted by atomic mass is 9.87. The summed E-state index contributed by atoms with van der Waals surface area (Å²) in [7, 11) is 0. The molecule has 3 rings (SSSR count). The van der Waals surface area contributed by atoms with Crippen LogP contribution in [0.25, 0.3) is 0 Å². The van der Waals surface area contributed by atoms with Crippen LogP contribution in [0.4, 0.5) is 22.2 Å². The molecule has 2 heterocycles. The highest BCUT2D eigenvalue weighted by atomic mass is 16.6. The van der Waals surface area contributed by atoms with E-state index in [-0.39, 0.29) is 5.91 Å². The van der Waals surface area contributed by atoms with Crippen LogP contribution in [-0.4, -0.2) is 57.6 Å². The average Bonchev–Trinajstić information content (AvgIpc) is 2.94. The van der Waals surface area contributed by atoms with Crippen LogP contribution >= 0.6 is 0 Å². The van der Waals surface area contributed by atoms with Crippen molar-refractivity contribution in [2.24, 2.45) is 0 Å². The summed E-state index contributed by atoms with van der Waals surface area (Å²) < 4.78 is 5.56. The molecular weight excluding hydrogens is 518 g/mol. The Bertz CT molecular complexity index is 1300. The minimum Gasteiger partial charge on any atom is -0.444 e. The van der Waals surface area contributed by atoms with Crippen molar-refractivity contribution >= 4 is 29.5 Å². The third-order valence-corrected chi connectivity index (χ3v) is 6.58. The van der Waals surface area contributed by atoms with Crippen LogP contribution in [0.15, 0.2) is 30.5 Å². The summed E-state index contributed by atoms with van der Waals surface area (Å²) in [6.07, 6.45) is 5.73. The Morgan fingerprint density at radius 3 is 2.61 bits per heavy atom. The molecule has 41 heavy (non-hydrogen) atoms. The Balaban J connectivity index is 1.56. The number of likely N-dealkylation sites (tertiary alicyclic amines) is 1. The van der Waals surface area contributed by atoms with Crippen LogP contribution in [0.2, 0.25) is 0 Å². The summed E-state index contributed by atoms with van der Waals surface area (Å²) in [5, 5.41) is 18.4. The smallest absolute Gasteiger partial charge is 0.411 e. The van der Waals surface area contributed by atoms with E-state index in [4.69, 9.17) is 10.00 Å². The maximum Gasteiger partial charge on any atom is 0.411 e. The Morgan fingerprint density at radius 1 is 1.17 bits per heavy atom. The molecule has 0 saturated carbocycles. The first-order valence-corrected chi connectivity index (χ1v) is 14.2. The van der Waals surface area contributed by atoms with E-state index in [2.05, 4.69) is 50.8 Å². The first-order chi connectivity index (χ1) is 19.6. The van der Waals surface area contributed by atoms with Crippen LogP contribution in [0.5, 0.6) is 0 Å². The lowest BCUT2D eigenvalue weighted by molar-refractivity contribution is -0.134. The number of piperidine rings is 1. The predicted molar refractivity (Wildman–Crippen MR) is 160 cm³/mol. The van der Waals surface area contributed by atoms with E-state index in [9.17, 15) is 9.59 Å². The molecule has 2 aromatic rings. The molecule has 2 amide bonds. The first kappa shape index (κ1) is 31.2. The number of hydrogen-bond acceptors (Lipinski definition) is 8. The molecule has 1 aromatic carbocycles. The second kappa shape index (κ2) is 14.4. The van der Waals surface area contributed by atoms with Gasteiger partial charge in [-0.05, 0) is 84.1 Å². The normalized spacial score (nSPS) is 16.5. The van der Waals surface area contributed by atoms with Gasteiger partial charge in [0.25, 0.3) is 0 Å². The van der Waals surface area contributed by atoms with Crippen molar-refractivity contribution in [1.82, 2.24) is 20.2 Å². The summed E-state index contributed by atoms with van der Waals surface area (Å²) in [5.41, 5.74) is 0.497. The fourth-order valence-corrected chi connectivity index (χ4v) is 4.36. The van der Waals surface area contributed by atoms with Gasteiger partial charge in [0.2, 0.25) is 11.9 Å². The van der Waals surface area contributed by atoms with Gasteiger partial charge in [0.05, 0.1) is 23.4 Å². The molecule has 0 unspecified atom stereocenters. The van der Waals surface area contributed by atoms with Gasteiger partial charge in [-0.1, -0.05) is 18.8 Å². The molecule has 1 aliphatic heterocycles. The second-order valence-corrected chi connectivity index (χ2v) is 11.2. The minimum atomic E-state index is -0.934. The standard InChI is InChI=1S/C31H41N7O3/c1-6-18-33-26-24(22-35-28(37-26)36-25-15-13-23(21-32)14-16-25)12-8-7-10-19-34-27(39)31(5)17-9-11-20-38(31)29(40)41-30(2,3)4/h13-16,22H,6-7,9-11,17-20H2,1-5H3,(H,34,39)(H2,33,35,36,37)/t31-/m0/s1. The fourth-order valence-electron chi connectivity index (χ4n) is 4.36. The lowest BCUT2D eigenvalue weighted by Gasteiger charge is -2.43. The number of amides is 2. The number of rotatable bonds is 9. The number of carbonyl (C=O) groups excluding carboxylic acids is 2. The Labute approximate surface area is 243 Å². The molecule has 0 radical (unpaired) electrons. The van der Waals surface area contributed by atoms with E-state index in [1.165, 1.54) is 0 Å². The van der Waals surface area contributed by atoms with Gasteiger partial charge in [-0.3, -0.25) is 9.69 Å². The Kier molecular flexibility index (Phi) is 10.9. The summed E-state index contributed by atoms with van der Waals surface area (Å²) in [6, 6.07) is 9.17.